The molecule has 0 aliphatic heterocycles. The Morgan fingerprint density at radius 1 is 1.35 bits per heavy atom. The number of unbranched alkanes of at least 4 members (excludes halogenated alkanes) is 2. The minimum absolute atomic E-state index is 0.454. The third-order valence-electron chi connectivity index (χ3n) is 2.92. The zero-order chi connectivity index (χ0) is 12.7. The summed E-state index contributed by atoms with van der Waals surface area (Å²) in [5.74, 6) is 0. The fourth-order valence-electron chi connectivity index (χ4n) is 1.89. The lowest BCUT2D eigenvalue weighted by atomic mass is 10.1. The zero-order valence-electron chi connectivity index (χ0n) is 10.9. The maximum Gasteiger partial charge on any atom is 0.0917 e. The van der Waals surface area contributed by atoms with Crippen molar-refractivity contribution in [2.45, 2.75) is 32.3 Å². The first-order valence-electron chi connectivity index (χ1n) is 6.35. The van der Waals surface area contributed by atoms with Gasteiger partial charge in [0.1, 0.15) is 0 Å². The molecule has 96 valence electrons. The van der Waals surface area contributed by atoms with E-state index in [4.69, 9.17) is 5.73 Å². The van der Waals surface area contributed by atoms with E-state index >= 15 is 0 Å². The molecule has 17 heavy (non-hydrogen) atoms. The van der Waals surface area contributed by atoms with Crippen LogP contribution < -0.4 is 5.73 Å². The molecule has 1 atom stereocenters. The van der Waals surface area contributed by atoms with Crippen molar-refractivity contribution in [2.24, 2.45) is 0 Å². The van der Waals surface area contributed by atoms with Crippen LogP contribution >= 0.6 is 0 Å². The van der Waals surface area contributed by atoms with Gasteiger partial charge in [-0.1, -0.05) is 31.9 Å². The molecular weight excluding hydrogens is 212 g/mol. The van der Waals surface area contributed by atoms with Crippen LogP contribution in [0.3, 0.4) is 0 Å². The van der Waals surface area contributed by atoms with Crippen molar-refractivity contribution < 1.29 is 5.11 Å². The highest BCUT2D eigenvalue weighted by Crippen LogP contribution is 2.16. The topological polar surface area (TPSA) is 49.5 Å². The Balaban J connectivity index is 2.40. The number of rotatable bonds is 7. The molecule has 0 spiro atoms. The van der Waals surface area contributed by atoms with Crippen molar-refractivity contribution in [2.75, 3.05) is 25.9 Å². The van der Waals surface area contributed by atoms with Crippen LogP contribution in [-0.2, 0) is 0 Å². The van der Waals surface area contributed by atoms with Crippen molar-refractivity contribution in [3.8, 4) is 0 Å². The number of anilines is 1. The van der Waals surface area contributed by atoms with Gasteiger partial charge in [0.05, 0.1) is 6.10 Å². The van der Waals surface area contributed by atoms with Gasteiger partial charge in [0.25, 0.3) is 0 Å². The average Bonchev–Trinajstić information content (AvgIpc) is 2.29. The first-order valence-corrected chi connectivity index (χ1v) is 6.35. The van der Waals surface area contributed by atoms with Crippen molar-refractivity contribution in [3.63, 3.8) is 0 Å². The number of benzene rings is 1. The van der Waals surface area contributed by atoms with Crippen LogP contribution in [-0.4, -0.2) is 30.1 Å². The molecule has 0 fully saturated rings. The van der Waals surface area contributed by atoms with Gasteiger partial charge in [-0.25, -0.2) is 0 Å². The van der Waals surface area contributed by atoms with E-state index in [-0.39, 0.29) is 0 Å². The summed E-state index contributed by atoms with van der Waals surface area (Å²) in [5.41, 5.74) is 7.30. The van der Waals surface area contributed by atoms with Gasteiger partial charge < -0.3 is 15.7 Å². The molecular formula is C14H24N2O. The zero-order valence-corrected chi connectivity index (χ0v) is 10.9. The second-order valence-corrected chi connectivity index (χ2v) is 4.66. The van der Waals surface area contributed by atoms with E-state index in [1.165, 1.54) is 19.3 Å². The molecule has 0 aliphatic carbocycles. The molecule has 1 aromatic carbocycles. The van der Waals surface area contributed by atoms with Gasteiger partial charge in [0.2, 0.25) is 0 Å². The molecule has 1 rings (SSSR count). The highest BCUT2D eigenvalue weighted by Gasteiger charge is 2.10. The smallest absolute Gasteiger partial charge is 0.0917 e. The minimum Gasteiger partial charge on any atom is -0.399 e. The molecule has 3 heteroatoms. The Morgan fingerprint density at radius 3 is 2.76 bits per heavy atom. The summed E-state index contributed by atoms with van der Waals surface area (Å²) < 4.78 is 0. The fraction of sp³-hybridized carbons (Fsp3) is 0.571. The fourth-order valence-corrected chi connectivity index (χ4v) is 1.89. The van der Waals surface area contributed by atoms with E-state index in [0.29, 0.717) is 12.2 Å². The third kappa shape index (κ3) is 5.20. The Hall–Kier alpha value is -1.06. The highest BCUT2D eigenvalue weighted by atomic mass is 16.3. The third-order valence-corrected chi connectivity index (χ3v) is 2.92. The van der Waals surface area contributed by atoms with Crippen LogP contribution in [0.2, 0.25) is 0 Å². The predicted octanol–water partition coefficient (Wildman–Crippen LogP) is 2.42. The first-order chi connectivity index (χ1) is 8.13. The number of nitrogens with zero attached hydrogens (tertiary/aromatic N) is 1. The molecule has 3 N–H and O–H groups in total. The first kappa shape index (κ1) is 14.0. The van der Waals surface area contributed by atoms with E-state index in [0.717, 1.165) is 12.1 Å². The van der Waals surface area contributed by atoms with Crippen LogP contribution in [0.5, 0.6) is 0 Å². The van der Waals surface area contributed by atoms with Crippen molar-refractivity contribution in [1.82, 2.24) is 4.90 Å². The van der Waals surface area contributed by atoms with Crippen LogP contribution in [0.15, 0.2) is 24.3 Å². The van der Waals surface area contributed by atoms with Crippen LogP contribution in [0.1, 0.15) is 37.9 Å². The van der Waals surface area contributed by atoms with Crippen molar-refractivity contribution >= 4 is 5.69 Å². The van der Waals surface area contributed by atoms with E-state index in [9.17, 15) is 5.11 Å². The number of hydrogen-bond donors (Lipinski definition) is 2. The molecule has 0 unspecified atom stereocenters. The predicted molar refractivity (Wildman–Crippen MR) is 72.8 cm³/mol. The second kappa shape index (κ2) is 7.30. The number of nitrogens with two attached hydrogens (primary N) is 1. The Morgan fingerprint density at radius 2 is 2.12 bits per heavy atom. The van der Waals surface area contributed by atoms with Crippen molar-refractivity contribution in [1.29, 1.82) is 0 Å². The molecule has 0 aromatic heterocycles. The van der Waals surface area contributed by atoms with E-state index in [2.05, 4.69) is 11.8 Å². The lowest BCUT2D eigenvalue weighted by Gasteiger charge is -2.20. The van der Waals surface area contributed by atoms with Crippen LogP contribution in [0.25, 0.3) is 0 Å². The maximum atomic E-state index is 10.1. The highest BCUT2D eigenvalue weighted by molar-refractivity contribution is 5.41. The molecule has 0 heterocycles. The van der Waals surface area contributed by atoms with Gasteiger partial charge in [-0.2, -0.15) is 0 Å². The maximum absolute atomic E-state index is 10.1. The second-order valence-electron chi connectivity index (χ2n) is 4.66. The summed E-state index contributed by atoms with van der Waals surface area (Å²) in [6.45, 7) is 3.89. The molecule has 0 saturated carbocycles. The largest absolute Gasteiger partial charge is 0.399 e. The lowest BCUT2D eigenvalue weighted by Crippen LogP contribution is -2.25. The van der Waals surface area contributed by atoms with Gasteiger partial charge in [0.15, 0.2) is 0 Å². The van der Waals surface area contributed by atoms with Gasteiger partial charge in [-0.15, -0.1) is 0 Å². The average molecular weight is 236 g/mol. The van der Waals surface area contributed by atoms with Gasteiger partial charge >= 0.3 is 0 Å². The van der Waals surface area contributed by atoms with Gasteiger partial charge in [0, 0.05) is 12.2 Å². The van der Waals surface area contributed by atoms with Gasteiger partial charge in [-0.05, 0) is 37.7 Å². The lowest BCUT2D eigenvalue weighted by molar-refractivity contribution is 0.126. The quantitative estimate of drug-likeness (QED) is 0.564. The molecule has 3 nitrogen and oxygen atoms in total. The van der Waals surface area contributed by atoms with Crippen LogP contribution in [0.4, 0.5) is 5.69 Å². The summed E-state index contributed by atoms with van der Waals surface area (Å²) in [6, 6.07) is 7.47. The Labute approximate surface area is 104 Å². The SMILES string of the molecule is CCCCCN(C)C[C@@H](O)c1cccc(N)c1. The van der Waals surface area contributed by atoms with Crippen molar-refractivity contribution in [3.05, 3.63) is 29.8 Å². The molecule has 0 aliphatic rings. The number of nitrogen functional groups attached to an aromatic ring is 1. The summed E-state index contributed by atoms with van der Waals surface area (Å²) in [4.78, 5) is 2.17. The molecule has 0 radical (unpaired) electrons. The van der Waals surface area contributed by atoms with Gasteiger partial charge in [-0.3, -0.25) is 0 Å². The Kier molecular flexibility index (Phi) is 6.01. The summed E-state index contributed by atoms with van der Waals surface area (Å²) in [5, 5.41) is 10.1. The normalized spacial score (nSPS) is 12.9. The number of hydrogen-bond acceptors (Lipinski definition) is 3. The summed E-state index contributed by atoms with van der Waals surface area (Å²) >= 11 is 0. The number of aliphatic hydroxyl groups is 1. The molecule has 1 aromatic rings. The molecule has 0 saturated heterocycles. The minimum atomic E-state index is -0.454. The Bertz CT molecular complexity index is 328. The van der Waals surface area contributed by atoms with E-state index < -0.39 is 6.10 Å². The monoisotopic (exact) mass is 236 g/mol. The standard InChI is InChI=1S/C14H24N2O/c1-3-4-5-9-16(2)11-14(17)12-7-6-8-13(15)10-12/h6-8,10,14,17H,3-5,9,11,15H2,1-2H3/t14-/m1/s1. The van der Waals surface area contributed by atoms with E-state index in [1.807, 2.05) is 31.3 Å². The summed E-state index contributed by atoms with van der Waals surface area (Å²) in [6.07, 6.45) is 3.21. The summed E-state index contributed by atoms with van der Waals surface area (Å²) in [7, 11) is 2.05. The van der Waals surface area contributed by atoms with Crippen LogP contribution in [0, 0.1) is 0 Å². The number of aliphatic hydroxyl groups excluding tert-OH is 1. The van der Waals surface area contributed by atoms with E-state index in [1.54, 1.807) is 0 Å². The molecule has 0 bridgehead atoms. The number of likely N-dealkylation sites (N-methyl/N-ethyl adjacent to an activating group) is 1. The molecule has 0 amide bonds.